The highest BCUT2D eigenvalue weighted by Gasteiger charge is 2.54. The Morgan fingerprint density at radius 2 is 1.69 bits per heavy atom. The van der Waals surface area contributed by atoms with Crippen molar-refractivity contribution in [3.8, 4) is 5.75 Å². The summed E-state index contributed by atoms with van der Waals surface area (Å²) in [6, 6.07) is 21.0. The van der Waals surface area contributed by atoms with Crippen molar-refractivity contribution in [2.24, 2.45) is 0 Å². The van der Waals surface area contributed by atoms with E-state index in [9.17, 15) is 9.59 Å². The van der Waals surface area contributed by atoms with Crippen LogP contribution in [0.2, 0.25) is 0 Å². The maximum atomic E-state index is 13.0. The first-order valence-electron chi connectivity index (χ1n) is 12.4. The molecular formula is C29H31N3O4. The van der Waals surface area contributed by atoms with Crippen molar-refractivity contribution in [1.29, 1.82) is 0 Å². The Hall–Kier alpha value is -3.71. The number of hydrogen-bond donors (Lipinski definition) is 1. The fourth-order valence-corrected chi connectivity index (χ4v) is 5.74. The number of methoxy groups -OCH3 is 1. The first-order valence-corrected chi connectivity index (χ1v) is 12.4. The lowest BCUT2D eigenvalue weighted by Crippen LogP contribution is -2.51. The number of para-hydroxylation sites is 1. The van der Waals surface area contributed by atoms with E-state index >= 15 is 0 Å². The molecule has 0 unspecified atom stereocenters. The van der Waals surface area contributed by atoms with Gasteiger partial charge in [0.25, 0.3) is 5.91 Å². The molecule has 186 valence electrons. The summed E-state index contributed by atoms with van der Waals surface area (Å²) in [5.41, 5.74) is 2.59. The number of nitrogens with one attached hydrogen (secondary N) is 1. The number of aromatic nitrogens is 1. The van der Waals surface area contributed by atoms with Crippen molar-refractivity contribution in [2.75, 3.05) is 26.8 Å². The number of pyridine rings is 1. The van der Waals surface area contributed by atoms with E-state index in [0.29, 0.717) is 31.7 Å². The van der Waals surface area contributed by atoms with Crippen LogP contribution in [0.3, 0.4) is 0 Å². The van der Waals surface area contributed by atoms with Crippen molar-refractivity contribution in [2.45, 2.75) is 36.8 Å². The monoisotopic (exact) mass is 485 g/mol. The average Bonchev–Trinajstić information content (AvgIpc) is 3.18. The molecule has 1 N–H and O–H groups in total. The first kappa shape index (κ1) is 24.0. The number of fused-ring (bicyclic) bond motifs is 2. The zero-order valence-corrected chi connectivity index (χ0v) is 20.4. The maximum Gasteiger partial charge on any atom is 0.251 e. The zero-order valence-electron chi connectivity index (χ0n) is 20.4. The van der Waals surface area contributed by atoms with Crippen LogP contribution in [0.4, 0.5) is 0 Å². The molecule has 1 fully saturated rings. The lowest BCUT2D eigenvalue weighted by Gasteiger charge is -2.44. The highest BCUT2D eigenvalue weighted by Crippen LogP contribution is 2.52. The summed E-state index contributed by atoms with van der Waals surface area (Å²) in [7, 11) is 1.71. The van der Waals surface area contributed by atoms with Crippen molar-refractivity contribution >= 4 is 11.8 Å². The van der Waals surface area contributed by atoms with Crippen LogP contribution >= 0.6 is 0 Å². The molecular weight excluding hydrogens is 454 g/mol. The number of piperidine rings is 1. The van der Waals surface area contributed by atoms with Gasteiger partial charge >= 0.3 is 0 Å². The summed E-state index contributed by atoms with van der Waals surface area (Å²) < 4.78 is 11.8. The Bertz CT molecular complexity index is 1190. The number of amides is 2. The van der Waals surface area contributed by atoms with Gasteiger partial charge in [0.1, 0.15) is 5.75 Å². The fraction of sp³-hybridized carbons (Fsp3) is 0.345. The van der Waals surface area contributed by atoms with Gasteiger partial charge in [0.15, 0.2) is 0 Å². The van der Waals surface area contributed by atoms with Gasteiger partial charge in [0, 0.05) is 43.6 Å². The number of rotatable bonds is 7. The minimum absolute atomic E-state index is 0.101. The molecule has 2 atom stereocenters. The van der Waals surface area contributed by atoms with E-state index in [-0.39, 0.29) is 29.4 Å². The minimum Gasteiger partial charge on any atom is -0.493 e. The van der Waals surface area contributed by atoms with Gasteiger partial charge in [-0.2, -0.15) is 0 Å². The van der Waals surface area contributed by atoms with Crippen molar-refractivity contribution in [3.63, 3.8) is 0 Å². The molecule has 1 aliphatic heterocycles. The first-order chi connectivity index (χ1) is 17.6. The molecule has 7 heteroatoms. The van der Waals surface area contributed by atoms with Crippen LogP contribution in [0.25, 0.3) is 0 Å². The lowest BCUT2D eigenvalue weighted by atomic mass is 9.72. The van der Waals surface area contributed by atoms with E-state index in [4.69, 9.17) is 9.47 Å². The summed E-state index contributed by atoms with van der Waals surface area (Å²) in [5, 5.41) is 3.21. The lowest BCUT2D eigenvalue weighted by molar-refractivity contribution is -0.134. The van der Waals surface area contributed by atoms with E-state index in [0.717, 1.165) is 24.2 Å². The number of carbonyl (C=O) groups is 2. The van der Waals surface area contributed by atoms with E-state index in [2.05, 4.69) is 22.4 Å². The predicted octanol–water partition coefficient (Wildman–Crippen LogP) is 3.91. The van der Waals surface area contributed by atoms with Crippen molar-refractivity contribution in [1.82, 2.24) is 15.2 Å². The number of nitrogens with zero attached hydrogens (tertiary/aromatic N) is 2. The van der Waals surface area contributed by atoms with Crippen LogP contribution in [0.1, 0.15) is 46.8 Å². The number of carbonyl (C=O) groups excluding carboxylic acids is 2. The van der Waals surface area contributed by atoms with Crippen LogP contribution < -0.4 is 10.1 Å². The van der Waals surface area contributed by atoms with E-state index < -0.39 is 0 Å². The Labute approximate surface area is 211 Å². The molecule has 0 saturated carbocycles. The molecule has 2 aliphatic rings. The molecule has 1 saturated heterocycles. The summed E-state index contributed by atoms with van der Waals surface area (Å²) in [6.45, 7) is 1.64. The predicted molar refractivity (Wildman–Crippen MR) is 136 cm³/mol. The van der Waals surface area contributed by atoms with Crippen LogP contribution in [0.5, 0.6) is 5.75 Å². The maximum absolute atomic E-state index is 13.0. The van der Waals surface area contributed by atoms with Gasteiger partial charge in [-0.15, -0.1) is 0 Å². The minimum atomic E-state index is -0.270. The highest BCUT2D eigenvalue weighted by molar-refractivity contribution is 5.94. The largest absolute Gasteiger partial charge is 0.493 e. The Balaban J connectivity index is 1.28. The van der Waals surface area contributed by atoms with Gasteiger partial charge in [0.2, 0.25) is 5.91 Å². The van der Waals surface area contributed by atoms with Crippen molar-refractivity contribution in [3.05, 3.63) is 95.8 Å². The van der Waals surface area contributed by atoms with Gasteiger partial charge in [-0.25, -0.2) is 0 Å². The van der Waals surface area contributed by atoms with Crippen LogP contribution in [-0.2, 0) is 14.9 Å². The molecule has 2 amide bonds. The average molecular weight is 486 g/mol. The van der Waals surface area contributed by atoms with Gasteiger partial charge in [0.05, 0.1) is 25.2 Å². The topological polar surface area (TPSA) is 80.8 Å². The molecule has 36 heavy (non-hydrogen) atoms. The van der Waals surface area contributed by atoms with Crippen LogP contribution in [0, 0.1) is 0 Å². The second-order valence-corrected chi connectivity index (χ2v) is 9.38. The molecule has 2 heterocycles. The quantitative estimate of drug-likeness (QED) is 0.549. The number of hydrogen-bond acceptors (Lipinski definition) is 5. The second-order valence-electron chi connectivity index (χ2n) is 9.38. The van der Waals surface area contributed by atoms with E-state index in [1.165, 1.54) is 5.56 Å². The van der Waals surface area contributed by atoms with Gasteiger partial charge in [-0.3, -0.25) is 14.6 Å². The standard InChI is InChI=1S/C29H31N3O4/c1-35-27-26(31-28(34)21-11-16-30-17-12-21)23-9-5-6-10-24(23)29(27)14-18-32(19-15-29)25(33)13-20-36-22-7-3-2-4-8-22/h2-12,16-17,26-27H,13-15,18-20H2,1H3,(H,31,34)/t26-,27+/m1/s1. The van der Waals surface area contributed by atoms with Crippen LogP contribution in [-0.4, -0.2) is 54.6 Å². The third-order valence-corrected chi connectivity index (χ3v) is 7.50. The number of ether oxygens (including phenoxy) is 2. The van der Waals surface area contributed by atoms with Gasteiger partial charge in [-0.1, -0.05) is 42.5 Å². The van der Waals surface area contributed by atoms with Crippen LogP contribution in [0.15, 0.2) is 79.1 Å². The third-order valence-electron chi connectivity index (χ3n) is 7.50. The molecule has 2 aromatic carbocycles. The highest BCUT2D eigenvalue weighted by atomic mass is 16.5. The summed E-state index contributed by atoms with van der Waals surface area (Å²) in [6.07, 6.45) is 4.90. The molecule has 0 bridgehead atoms. The molecule has 1 aliphatic carbocycles. The third kappa shape index (κ3) is 4.58. The zero-order chi connectivity index (χ0) is 25.0. The van der Waals surface area contributed by atoms with Gasteiger partial charge < -0.3 is 19.7 Å². The number of likely N-dealkylation sites (tertiary alicyclic amines) is 1. The normalized spacial score (nSPS) is 20.1. The Kier molecular flexibility index (Phi) is 7.00. The molecule has 0 radical (unpaired) electrons. The smallest absolute Gasteiger partial charge is 0.251 e. The van der Waals surface area contributed by atoms with E-state index in [1.807, 2.05) is 47.4 Å². The molecule has 1 spiro atoms. The second kappa shape index (κ2) is 10.5. The Morgan fingerprint density at radius 3 is 2.42 bits per heavy atom. The van der Waals surface area contributed by atoms with Gasteiger partial charge in [-0.05, 0) is 48.2 Å². The fourth-order valence-electron chi connectivity index (χ4n) is 5.74. The summed E-state index contributed by atoms with van der Waals surface area (Å²) in [5.74, 6) is 0.721. The molecule has 5 rings (SSSR count). The van der Waals surface area contributed by atoms with Crippen molar-refractivity contribution < 1.29 is 19.1 Å². The molecule has 3 aromatic rings. The molecule has 1 aromatic heterocycles. The van der Waals surface area contributed by atoms with E-state index in [1.54, 1.807) is 31.6 Å². The summed E-state index contributed by atoms with van der Waals surface area (Å²) >= 11 is 0. The SMILES string of the molecule is CO[C@H]1[C@H](NC(=O)c2ccncc2)c2ccccc2C12CCN(C(=O)CCOc1ccccc1)CC2. The summed E-state index contributed by atoms with van der Waals surface area (Å²) in [4.78, 5) is 31.9. The molecule has 7 nitrogen and oxygen atoms in total. The Morgan fingerprint density at radius 1 is 1.00 bits per heavy atom. The number of benzene rings is 2.